The number of hydrogen-bond acceptors (Lipinski definition) is 11. The van der Waals surface area contributed by atoms with Crippen LogP contribution >= 0.6 is 11.3 Å². The maximum Gasteiger partial charge on any atom is 0.348 e. The fourth-order valence-electron chi connectivity index (χ4n) is 8.23. The molecule has 1 N–H and O–H groups in total. The first-order valence-electron chi connectivity index (χ1n) is 18.5. The quantitative estimate of drug-likeness (QED) is 0.196. The zero-order valence-electron chi connectivity index (χ0n) is 31.1. The van der Waals surface area contributed by atoms with Gasteiger partial charge in [-0.2, -0.15) is 0 Å². The molecule has 12 atom stereocenters. The molecule has 1 aliphatic carbocycles. The SMILES string of the molecule is CC[C@H](C)[C@H]1O[C@]2(C=C[C@@H]1C)C[C@@H]1C[C@@H](C/C=C(\C)[C@@H](OC(C)=O)[C@@H](C)/C=C/C=C3\CO[C@@H]4[C@H](OC(=O)c5cccs5)C(C)=C[C@@H](C(=O)O1)[C@]34O)O2. The molecular weight excluding hydrogens is 685 g/mol. The highest BCUT2D eigenvalue weighted by Crippen LogP contribution is 2.48. The van der Waals surface area contributed by atoms with Gasteiger partial charge in [0.15, 0.2) is 11.9 Å². The molecule has 52 heavy (non-hydrogen) atoms. The van der Waals surface area contributed by atoms with Gasteiger partial charge in [0.1, 0.15) is 34.7 Å². The number of rotatable bonds is 5. The molecule has 2 bridgehead atoms. The lowest BCUT2D eigenvalue weighted by Gasteiger charge is -2.48. The summed E-state index contributed by atoms with van der Waals surface area (Å²) >= 11 is 1.26. The van der Waals surface area contributed by atoms with E-state index < -0.39 is 59.6 Å². The number of allylic oxidation sites excluding steroid dienone is 2. The molecule has 1 spiro atoms. The summed E-state index contributed by atoms with van der Waals surface area (Å²) in [7, 11) is 0. The molecule has 4 aliphatic heterocycles. The van der Waals surface area contributed by atoms with Gasteiger partial charge in [0.25, 0.3) is 0 Å². The van der Waals surface area contributed by atoms with Crippen LogP contribution in [0.3, 0.4) is 0 Å². The van der Waals surface area contributed by atoms with Crippen molar-refractivity contribution >= 4 is 29.2 Å². The second-order valence-corrected chi connectivity index (χ2v) is 16.1. The van der Waals surface area contributed by atoms with Gasteiger partial charge >= 0.3 is 17.9 Å². The van der Waals surface area contributed by atoms with Crippen LogP contribution in [0.2, 0.25) is 0 Å². The summed E-state index contributed by atoms with van der Waals surface area (Å²) < 4.78 is 37.9. The van der Waals surface area contributed by atoms with Crippen LogP contribution in [0.5, 0.6) is 0 Å². The molecule has 0 unspecified atom stereocenters. The first-order chi connectivity index (χ1) is 24.7. The molecule has 11 heteroatoms. The fourth-order valence-corrected chi connectivity index (χ4v) is 8.83. The number of carbonyl (C=O) groups excluding carboxylic acids is 3. The summed E-state index contributed by atoms with van der Waals surface area (Å²) in [6, 6.07) is 3.44. The van der Waals surface area contributed by atoms with E-state index in [-0.39, 0.29) is 43.0 Å². The summed E-state index contributed by atoms with van der Waals surface area (Å²) in [6.07, 6.45) is 11.6. The number of ether oxygens (including phenoxy) is 6. The monoisotopic (exact) mass is 736 g/mol. The summed E-state index contributed by atoms with van der Waals surface area (Å²) in [5.74, 6) is -3.60. The van der Waals surface area contributed by atoms with Crippen molar-refractivity contribution in [3.63, 3.8) is 0 Å². The lowest BCUT2D eigenvalue weighted by Crippen LogP contribution is -2.59. The predicted octanol–water partition coefficient (Wildman–Crippen LogP) is 6.80. The van der Waals surface area contributed by atoms with Crippen LogP contribution in [-0.4, -0.2) is 77.6 Å². The van der Waals surface area contributed by atoms with E-state index in [0.717, 1.165) is 12.0 Å². The van der Waals surface area contributed by atoms with Crippen LogP contribution in [-0.2, 0) is 38.0 Å². The Morgan fingerprint density at radius 2 is 1.87 bits per heavy atom. The van der Waals surface area contributed by atoms with Gasteiger partial charge in [0.2, 0.25) is 0 Å². The number of fused-ring (bicyclic) bond motifs is 2. The molecule has 1 aromatic heterocycles. The largest absolute Gasteiger partial charge is 0.462 e. The molecule has 0 aromatic carbocycles. The van der Waals surface area contributed by atoms with Gasteiger partial charge in [0.05, 0.1) is 18.8 Å². The molecular formula is C41H52O10S. The van der Waals surface area contributed by atoms with E-state index in [0.29, 0.717) is 28.9 Å². The van der Waals surface area contributed by atoms with E-state index >= 15 is 0 Å². The average molecular weight is 737 g/mol. The second kappa shape index (κ2) is 15.6. The minimum absolute atomic E-state index is 0.000416. The number of thiophene rings is 1. The lowest BCUT2D eigenvalue weighted by molar-refractivity contribution is -0.300. The molecule has 282 valence electrons. The third-order valence-corrected chi connectivity index (χ3v) is 12.1. The van der Waals surface area contributed by atoms with Gasteiger partial charge in [-0.1, -0.05) is 76.6 Å². The summed E-state index contributed by atoms with van der Waals surface area (Å²) in [4.78, 5) is 40.2. The lowest BCUT2D eigenvalue weighted by atomic mass is 9.70. The van der Waals surface area contributed by atoms with Crippen LogP contribution in [0.1, 0.15) is 83.8 Å². The summed E-state index contributed by atoms with van der Waals surface area (Å²) in [6.45, 7) is 13.5. The number of aliphatic hydroxyl groups is 1. The molecule has 5 heterocycles. The van der Waals surface area contributed by atoms with Crippen LogP contribution < -0.4 is 0 Å². The Morgan fingerprint density at radius 1 is 1.08 bits per heavy atom. The van der Waals surface area contributed by atoms with E-state index in [1.807, 2.05) is 32.1 Å². The Labute approximate surface area is 310 Å². The van der Waals surface area contributed by atoms with Crippen molar-refractivity contribution in [3.05, 3.63) is 81.6 Å². The zero-order valence-corrected chi connectivity index (χ0v) is 31.9. The minimum atomic E-state index is -1.88. The highest BCUT2D eigenvalue weighted by Gasteiger charge is 2.61. The van der Waals surface area contributed by atoms with Crippen molar-refractivity contribution in [3.8, 4) is 0 Å². The maximum absolute atomic E-state index is 14.4. The van der Waals surface area contributed by atoms with Crippen molar-refractivity contribution < 1.29 is 47.9 Å². The van der Waals surface area contributed by atoms with Crippen LogP contribution in [0, 0.1) is 23.7 Å². The van der Waals surface area contributed by atoms with Crippen LogP contribution in [0.4, 0.5) is 0 Å². The van der Waals surface area contributed by atoms with E-state index in [9.17, 15) is 19.5 Å². The van der Waals surface area contributed by atoms with Crippen molar-refractivity contribution in [1.29, 1.82) is 0 Å². The zero-order chi connectivity index (χ0) is 37.4. The Balaban J connectivity index is 1.41. The fraction of sp³-hybridized carbons (Fsp3) is 0.585. The summed E-state index contributed by atoms with van der Waals surface area (Å²) in [5, 5.41) is 14.5. The first-order valence-corrected chi connectivity index (χ1v) is 19.4. The van der Waals surface area contributed by atoms with Crippen molar-refractivity contribution in [2.75, 3.05) is 6.61 Å². The number of carbonyl (C=O) groups is 3. The van der Waals surface area contributed by atoms with E-state index in [1.165, 1.54) is 18.3 Å². The molecule has 0 amide bonds. The molecule has 0 radical (unpaired) electrons. The molecule has 10 nitrogen and oxygen atoms in total. The van der Waals surface area contributed by atoms with Crippen LogP contribution in [0.15, 0.2) is 76.8 Å². The van der Waals surface area contributed by atoms with E-state index in [1.54, 1.807) is 42.7 Å². The maximum atomic E-state index is 14.4. The molecule has 1 aromatic rings. The second-order valence-electron chi connectivity index (χ2n) is 15.1. The minimum Gasteiger partial charge on any atom is -0.462 e. The van der Waals surface area contributed by atoms with E-state index in [4.69, 9.17) is 28.4 Å². The van der Waals surface area contributed by atoms with Crippen molar-refractivity contribution in [2.24, 2.45) is 23.7 Å². The Bertz CT molecular complexity index is 1660. The topological polar surface area (TPSA) is 127 Å². The molecule has 6 rings (SSSR count). The predicted molar refractivity (Wildman–Crippen MR) is 195 cm³/mol. The average Bonchev–Trinajstić information content (AvgIpc) is 3.76. The van der Waals surface area contributed by atoms with Crippen molar-refractivity contribution in [2.45, 2.75) is 122 Å². The van der Waals surface area contributed by atoms with Gasteiger partial charge in [-0.15, -0.1) is 11.3 Å². The van der Waals surface area contributed by atoms with Crippen molar-refractivity contribution in [1.82, 2.24) is 0 Å². The third kappa shape index (κ3) is 7.66. The van der Waals surface area contributed by atoms with Gasteiger partial charge < -0.3 is 33.5 Å². The normalized spacial score (nSPS) is 41.0. The highest BCUT2D eigenvalue weighted by molar-refractivity contribution is 7.11. The third-order valence-electron chi connectivity index (χ3n) is 11.2. The van der Waals surface area contributed by atoms with Gasteiger partial charge in [0, 0.05) is 31.6 Å². The van der Waals surface area contributed by atoms with Gasteiger partial charge in [-0.25, -0.2) is 4.79 Å². The smallest absolute Gasteiger partial charge is 0.348 e. The van der Waals surface area contributed by atoms with E-state index in [2.05, 4.69) is 26.8 Å². The molecule has 2 fully saturated rings. The van der Waals surface area contributed by atoms with Crippen LogP contribution in [0.25, 0.3) is 0 Å². The van der Waals surface area contributed by atoms with Gasteiger partial charge in [-0.3, -0.25) is 9.59 Å². The molecule has 5 aliphatic rings. The Hall–Kier alpha value is -3.35. The summed E-state index contributed by atoms with van der Waals surface area (Å²) in [5.41, 5.74) is 0.00285. The molecule has 2 saturated heterocycles. The first kappa shape index (κ1) is 38.4. The van der Waals surface area contributed by atoms with Gasteiger partial charge in [-0.05, 0) is 60.4 Å². The Morgan fingerprint density at radius 3 is 2.58 bits per heavy atom. The molecule has 0 saturated carbocycles. The highest BCUT2D eigenvalue weighted by atomic mass is 32.1. The number of esters is 3. The number of hydrogen-bond donors (Lipinski definition) is 1. The Kier molecular flexibility index (Phi) is 11.5. The standard InChI is InChI=1S/C41H52O10S/c1-8-23(2)35-26(5)16-17-40(51-35)21-31-20-30(50-40)15-14-25(4)34(47-28(7)42)24(3)11-9-12-29-22-46-37-36(49-39(44)33-13-10-18-52-33)27(6)19-32(38(43)48-31)41(29,37)45/h9-14,16-19,23-24,26,30-32,34-37,45H,8,15,20-22H2,1-7H3/b11-9+,25-14+,29-12+/t23-,24-,26-,30+,31-,32-,34-,35+,36+,37+,40+,41+/m0/s1.